The zero-order valence-corrected chi connectivity index (χ0v) is 17.2. The van der Waals surface area contributed by atoms with Crippen molar-refractivity contribution in [2.45, 2.75) is 6.54 Å². The summed E-state index contributed by atoms with van der Waals surface area (Å²) in [6.07, 6.45) is 11.0. The van der Waals surface area contributed by atoms with Crippen LogP contribution in [0.15, 0.2) is 71.7 Å². The van der Waals surface area contributed by atoms with Crippen molar-refractivity contribution in [1.29, 1.82) is 5.41 Å². The number of hydrogen-bond donors (Lipinski definition) is 4. The van der Waals surface area contributed by atoms with E-state index in [0.717, 1.165) is 12.1 Å². The van der Waals surface area contributed by atoms with Crippen LogP contribution in [0.5, 0.6) is 0 Å². The van der Waals surface area contributed by atoms with Gasteiger partial charge in [-0.15, -0.1) is 5.10 Å². The first-order valence-electron chi connectivity index (χ1n) is 9.88. The predicted molar refractivity (Wildman–Crippen MR) is 118 cm³/mol. The molecule has 1 aliphatic rings. The molecular weight excluding hydrogens is 396 g/mol. The second kappa shape index (κ2) is 8.84. The Balaban J connectivity index is 1.65. The fraction of sp³-hybridized carbons (Fsp3) is 0.238. The lowest BCUT2D eigenvalue weighted by molar-refractivity contribution is -0.671. The molecule has 0 unspecified atom stereocenters. The lowest BCUT2D eigenvalue weighted by atomic mass is 10.1. The molecule has 10 nitrogen and oxygen atoms in total. The van der Waals surface area contributed by atoms with Gasteiger partial charge in [-0.05, 0) is 18.2 Å². The van der Waals surface area contributed by atoms with Gasteiger partial charge in [0.1, 0.15) is 37.0 Å². The number of nitrogens with two attached hydrogens (primary N) is 1. The van der Waals surface area contributed by atoms with Gasteiger partial charge in [-0.25, -0.2) is 18.6 Å². The van der Waals surface area contributed by atoms with E-state index in [9.17, 15) is 0 Å². The van der Waals surface area contributed by atoms with Crippen molar-refractivity contribution in [2.24, 2.45) is 17.8 Å². The molecule has 0 aromatic carbocycles. The number of aliphatic imine (C=N–C) groups is 1. The number of nitrogens with one attached hydrogen (secondary N) is 2. The summed E-state index contributed by atoms with van der Waals surface area (Å²) in [5.41, 5.74) is 8.59. The fourth-order valence-electron chi connectivity index (χ4n) is 3.23. The monoisotopic (exact) mass is 421 g/mol. The molecule has 3 aromatic heterocycles. The first-order chi connectivity index (χ1) is 15.0. The minimum Gasteiger partial charge on any atom is -0.489 e. The van der Waals surface area contributed by atoms with Gasteiger partial charge < -0.3 is 20.9 Å². The molecule has 0 atom stereocenters. The van der Waals surface area contributed by atoms with Gasteiger partial charge in [0, 0.05) is 12.3 Å². The maximum atomic E-state index is 9.01. The van der Waals surface area contributed by atoms with Crippen LogP contribution in [0.3, 0.4) is 0 Å². The normalized spacial score (nSPS) is 15.3. The SMILES string of the molecule is C[n+]1ccn(CCNc2nn3ccccc3c2/N=C2\C=C(OCCO)C(=N)C=C2N)c1. The van der Waals surface area contributed by atoms with E-state index in [0.29, 0.717) is 35.2 Å². The zero-order chi connectivity index (χ0) is 21.8. The van der Waals surface area contributed by atoms with Crippen molar-refractivity contribution in [3.05, 3.63) is 66.7 Å². The summed E-state index contributed by atoms with van der Waals surface area (Å²) in [6, 6.07) is 5.75. The first kappa shape index (κ1) is 20.4. The number of aliphatic hydroxyl groups is 1. The summed E-state index contributed by atoms with van der Waals surface area (Å²) in [5, 5.41) is 25.0. The van der Waals surface area contributed by atoms with E-state index in [1.54, 1.807) is 10.6 Å². The highest BCUT2D eigenvalue weighted by Gasteiger charge is 2.18. The molecule has 0 fully saturated rings. The Morgan fingerprint density at radius 1 is 1.32 bits per heavy atom. The topological polar surface area (TPSA) is 130 Å². The summed E-state index contributed by atoms with van der Waals surface area (Å²) in [6.45, 7) is 1.38. The molecule has 10 heteroatoms. The second-order valence-electron chi connectivity index (χ2n) is 7.06. The summed E-state index contributed by atoms with van der Waals surface area (Å²) >= 11 is 0. The largest absolute Gasteiger partial charge is 0.489 e. The third-order valence-electron chi connectivity index (χ3n) is 4.71. The van der Waals surface area contributed by atoms with Gasteiger partial charge >= 0.3 is 0 Å². The molecule has 3 aromatic rings. The van der Waals surface area contributed by atoms with Crippen molar-refractivity contribution < 1.29 is 14.4 Å². The van der Waals surface area contributed by atoms with Crippen LogP contribution in [0.4, 0.5) is 11.5 Å². The molecule has 0 bridgehead atoms. The van der Waals surface area contributed by atoms with Crippen LogP contribution in [0, 0.1) is 5.41 Å². The minimum atomic E-state index is -0.141. The Morgan fingerprint density at radius 3 is 2.97 bits per heavy atom. The van der Waals surface area contributed by atoms with Gasteiger partial charge in [0.25, 0.3) is 0 Å². The van der Waals surface area contributed by atoms with Gasteiger partial charge in [-0.1, -0.05) is 6.07 Å². The number of hydrogen-bond acceptors (Lipinski definition) is 7. The third kappa shape index (κ3) is 4.48. The quantitative estimate of drug-likeness (QED) is 0.317. The molecule has 0 aliphatic heterocycles. The smallest absolute Gasteiger partial charge is 0.243 e. The van der Waals surface area contributed by atoms with E-state index in [-0.39, 0.29) is 18.9 Å². The van der Waals surface area contributed by atoms with E-state index in [1.807, 2.05) is 54.7 Å². The summed E-state index contributed by atoms with van der Waals surface area (Å²) in [4.78, 5) is 4.76. The molecule has 3 heterocycles. The Morgan fingerprint density at radius 2 is 2.19 bits per heavy atom. The molecule has 0 saturated heterocycles. The van der Waals surface area contributed by atoms with Crippen molar-refractivity contribution in [2.75, 3.05) is 25.1 Å². The number of ether oxygens (including phenoxy) is 1. The van der Waals surface area contributed by atoms with Crippen LogP contribution in [0.25, 0.3) is 5.52 Å². The predicted octanol–water partition coefficient (Wildman–Crippen LogP) is 0.914. The molecule has 1 aliphatic carbocycles. The van der Waals surface area contributed by atoms with Crippen molar-refractivity contribution in [3.8, 4) is 0 Å². The van der Waals surface area contributed by atoms with Crippen LogP contribution in [0.2, 0.25) is 0 Å². The van der Waals surface area contributed by atoms with Crippen molar-refractivity contribution in [1.82, 2.24) is 14.2 Å². The Hall–Kier alpha value is -3.92. The molecule has 0 amide bonds. The highest BCUT2D eigenvalue weighted by molar-refractivity contribution is 6.22. The lowest BCUT2D eigenvalue weighted by Gasteiger charge is -2.15. The molecule has 0 radical (unpaired) electrons. The Labute approximate surface area is 179 Å². The van der Waals surface area contributed by atoms with Crippen LogP contribution >= 0.6 is 0 Å². The molecule has 160 valence electrons. The van der Waals surface area contributed by atoms with Gasteiger partial charge in [-0.2, -0.15) is 0 Å². The number of nitrogens with zero attached hydrogens (tertiary/aromatic N) is 5. The van der Waals surface area contributed by atoms with Crippen LogP contribution < -0.4 is 15.6 Å². The molecule has 0 spiro atoms. The zero-order valence-electron chi connectivity index (χ0n) is 17.2. The number of allylic oxidation sites excluding steroid dienone is 2. The van der Waals surface area contributed by atoms with Crippen molar-refractivity contribution in [3.63, 3.8) is 0 Å². The first-order valence-corrected chi connectivity index (χ1v) is 9.88. The van der Waals surface area contributed by atoms with E-state index in [2.05, 4.69) is 15.0 Å². The van der Waals surface area contributed by atoms with Crippen LogP contribution in [0.1, 0.15) is 0 Å². The number of aryl methyl sites for hydroxylation is 1. The Kier molecular flexibility index (Phi) is 5.80. The number of aliphatic hydroxyl groups excluding tert-OH is 1. The molecule has 31 heavy (non-hydrogen) atoms. The lowest BCUT2D eigenvalue weighted by Crippen LogP contribution is -2.24. The van der Waals surface area contributed by atoms with Crippen LogP contribution in [-0.2, 0) is 18.3 Å². The number of anilines is 1. The number of rotatable bonds is 8. The standard InChI is InChI=1S/C21H25N8O2/c1-27-8-9-28(14-27)7-5-24-21-20(18-4-2-3-6-29(18)26-21)25-17-13-19(31-11-10-30)16(23)12-15(17)22/h2-4,6,8-9,12-14,23,30H,5,7,10-11,22H2,1H3,(H,24,26)/q+1/b23-16?,25-17+. The van der Waals surface area contributed by atoms with Crippen molar-refractivity contribution >= 4 is 28.4 Å². The maximum absolute atomic E-state index is 9.01. The van der Waals surface area contributed by atoms with E-state index < -0.39 is 0 Å². The number of aromatic nitrogens is 4. The molecule has 0 saturated carbocycles. The van der Waals surface area contributed by atoms with Gasteiger partial charge in [0.05, 0.1) is 42.8 Å². The second-order valence-corrected chi connectivity index (χ2v) is 7.06. The number of fused-ring (bicyclic) bond motifs is 1. The highest BCUT2D eigenvalue weighted by atomic mass is 16.5. The number of imidazole rings is 1. The maximum Gasteiger partial charge on any atom is 0.243 e. The van der Waals surface area contributed by atoms with Gasteiger partial charge in [0.2, 0.25) is 6.33 Å². The average molecular weight is 421 g/mol. The number of pyridine rings is 1. The summed E-state index contributed by atoms with van der Waals surface area (Å²) in [7, 11) is 1.98. The summed E-state index contributed by atoms with van der Waals surface area (Å²) in [5.74, 6) is 0.948. The fourth-order valence-corrected chi connectivity index (χ4v) is 3.23. The highest BCUT2D eigenvalue weighted by Crippen LogP contribution is 2.31. The average Bonchev–Trinajstić information content (AvgIpc) is 3.32. The minimum absolute atomic E-state index is 0.0932. The molecule has 5 N–H and O–H groups in total. The van der Waals surface area contributed by atoms with Crippen LogP contribution in [-0.4, -0.2) is 50.5 Å². The van der Waals surface area contributed by atoms with Gasteiger partial charge in [0.15, 0.2) is 5.82 Å². The molecular formula is C21H25N8O2+. The van der Waals surface area contributed by atoms with E-state index in [4.69, 9.17) is 26.0 Å². The molecule has 4 rings (SSSR count). The van der Waals surface area contributed by atoms with Gasteiger partial charge in [-0.3, -0.25) is 5.41 Å². The van der Waals surface area contributed by atoms with E-state index >= 15 is 0 Å². The third-order valence-corrected chi connectivity index (χ3v) is 4.71. The Bertz CT molecular complexity index is 1200. The van der Waals surface area contributed by atoms with E-state index in [1.165, 1.54) is 6.08 Å². The summed E-state index contributed by atoms with van der Waals surface area (Å²) < 4.78 is 11.3.